The Morgan fingerprint density at radius 1 is 1.64 bits per heavy atom. The van der Waals surface area contributed by atoms with Gasteiger partial charge in [0.05, 0.1) is 6.54 Å². The zero-order valence-electron chi connectivity index (χ0n) is 8.29. The summed E-state index contributed by atoms with van der Waals surface area (Å²) in [6.45, 7) is 6.40. The highest BCUT2D eigenvalue weighted by Crippen LogP contribution is 2.17. The normalized spacial score (nSPS) is 24.0. The molecule has 0 unspecified atom stereocenters. The molecule has 2 rings (SSSR count). The number of rotatable bonds is 2. The summed E-state index contributed by atoms with van der Waals surface area (Å²) in [7, 11) is 0. The van der Waals surface area contributed by atoms with Crippen molar-refractivity contribution in [2.45, 2.75) is 19.5 Å². The molecule has 0 bridgehead atoms. The summed E-state index contributed by atoms with van der Waals surface area (Å²) in [6, 6.07) is 4.56. The quantitative estimate of drug-likeness (QED) is 0.878. The van der Waals surface area contributed by atoms with Crippen LogP contribution in [0.1, 0.15) is 12.7 Å². The standard InChI is InChI=1S/C10H15BrN2O/c1-8-6-12-4-5-13(8)7-9-2-3-10(11)14-9/h2-3,8,12H,4-7H2,1H3/t8-/m0/s1. The Labute approximate surface area is 92.6 Å². The maximum atomic E-state index is 5.49. The van der Waals surface area contributed by atoms with E-state index in [0.29, 0.717) is 6.04 Å². The Kier molecular flexibility index (Phi) is 3.26. The number of hydrogen-bond donors (Lipinski definition) is 1. The van der Waals surface area contributed by atoms with E-state index in [1.54, 1.807) is 0 Å². The third-order valence-corrected chi connectivity index (χ3v) is 3.05. The van der Waals surface area contributed by atoms with E-state index in [9.17, 15) is 0 Å². The molecule has 1 aliphatic heterocycles. The van der Waals surface area contributed by atoms with E-state index in [1.807, 2.05) is 12.1 Å². The minimum atomic E-state index is 0.590. The molecule has 3 nitrogen and oxygen atoms in total. The fourth-order valence-electron chi connectivity index (χ4n) is 1.75. The molecule has 4 heteroatoms. The van der Waals surface area contributed by atoms with Gasteiger partial charge in [0.2, 0.25) is 0 Å². The number of halogens is 1. The zero-order chi connectivity index (χ0) is 9.97. The molecule has 1 aromatic heterocycles. The van der Waals surface area contributed by atoms with Crippen LogP contribution in [-0.2, 0) is 6.54 Å². The molecule has 1 aliphatic rings. The topological polar surface area (TPSA) is 28.4 Å². The molecular formula is C10H15BrN2O. The van der Waals surface area contributed by atoms with Gasteiger partial charge in [0.25, 0.3) is 0 Å². The SMILES string of the molecule is C[C@H]1CNCCN1Cc1ccc(Br)o1. The van der Waals surface area contributed by atoms with E-state index < -0.39 is 0 Å². The second-order valence-electron chi connectivity index (χ2n) is 3.73. The van der Waals surface area contributed by atoms with Crippen LogP contribution in [0.25, 0.3) is 0 Å². The summed E-state index contributed by atoms with van der Waals surface area (Å²) in [4.78, 5) is 2.43. The lowest BCUT2D eigenvalue weighted by atomic mass is 10.2. The number of hydrogen-bond acceptors (Lipinski definition) is 3. The van der Waals surface area contributed by atoms with Gasteiger partial charge in [-0.3, -0.25) is 4.90 Å². The lowest BCUT2D eigenvalue weighted by molar-refractivity contribution is 0.153. The summed E-state index contributed by atoms with van der Waals surface area (Å²) in [5.41, 5.74) is 0. The lowest BCUT2D eigenvalue weighted by Gasteiger charge is -2.33. The molecule has 0 saturated carbocycles. The number of nitrogens with one attached hydrogen (secondary N) is 1. The van der Waals surface area contributed by atoms with Crippen LogP contribution in [0.15, 0.2) is 21.2 Å². The molecule has 78 valence electrons. The van der Waals surface area contributed by atoms with Gasteiger partial charge in [0.1, 0.15) is 5.76 Å². The molecular weight excluding hydrogens is 244 g/mol. The van der Waals surface area contributed by atoms with Crippen molar-refractivity contribution in [3.63, 3.8) is 0 Å². The first kappa shape index (κ1) is 10.2. The summed E-state index contributed by atoms with van der Waals surface area (Å²) in [6.07, 6.45) is 0. The van der Waals surface area contributed by atoms with Crippen LogP contribution in [0.4, 0.5) is 0 Å². The fraction of sp³-hybridized carbons (Fsp3) is 0.600. The first-order chi connectivity index (χ1) is 6.75. The summed E-state index contributed by atoms with van der Waals surface area (Å²) in [5, 5.41) is 3.37. The summed E-state index contributed by atoms with van der Waals surface area (Å²) < 4.78 is 6.30. The van der Waals surface area contributed by atoms with Gasteiger partial charge in [-0.05, 0) is 35.0 Å². The van der Waals surface area contributed by atoms with Crippen LogP contribution in [0.3, 0.4) is 0 Å². The molecule has 0 aromatic carbocycles. The van der Waals surface area contributed by atoms with Crippen molar-refractivity contribution in [2.24, 2.45) is 0 Å². The largest absolute Gasteiger partial charge is 0.453 e. The van der Waals surface area contributed by atoms with Crippen molar-refractivity contribution in [2.75, 3.05) is 19.6 Å². The van der Waals surface area contributed by atoms with Crippen molar-refractivity contribution in [1.29, 1.82) is 0 Å². The predicted molar refractivity (Wildman–Crippen MR) is 59.1 cm³/mol. The van der Waals surface area contributed by atoms with E-state index >= 15 is 0 Å². The Balaban J connectivity index is 1.95. The van der Waals surface area contributed by atoms with Crippen molar-refractivity contribution in [3.05, 3.63) is 22.6 Å². The smallest absolute Gasteiger partial charge is 0.169 e. The van der Waals surface area contributed by atoms with Crippen molar-refractivity contribution >= 4 is 15.9 Å². The molecule has 1 saturated heterocycles. The molecule has 0 aliphatic carbocycles. The van der Waals surface area contributed by atoms with E-state index in [-0.39, 0.29) is 0 Å². The van der Waals surface area contributed by atoms with Gasteiger partial charge in [-0.1, -0.05) is 0 Å². The van der Waals surface area contributed by atoms with E-state index in [2.05, 4.69) is 33.1 Å². The van der Waals surface area contributed by atoms with Gasteiger partial charge in [0.15, 0.2) is 4.67 Å². The second-order valence-corrected chi connectivity index (χ2v) is 4.51. The van der Waals surface area contributed by atoms with Gasteiger partial charge in [-0.15, -0.1) is 0 Å². The zero-order valence-corrected chi connectivity index (χ0v) is 9.88. The average molecular weight is 259 g/mol. The molecule has 1 atom stereocenters. The van der Waals surface area contributed by atoms with Crippen LogP contribution in [0.2, 0.25) is 0 Å². The van der Waals surface area contributed by atoms with E-state index in [0.717, 1.165) is 36.6 Å². The molecule has 1 fully saturated rings. The van der Waals surface area contributed by atoms with Crippen LogP contribution >= 0.6 is 15.9 Å². The molecule has 1 aromatic rings. The maximum Gasteiger partial charge on any atom is 0.169 e. The number of nitrogens with zero attached hydrogens (tertiary/aromatic N) is 1. The fourth-order valence-corrected chi connectivity index (χ4v) is 2.09. The van der Waals surface area contributed by atoms with Crippen LogP contribution in [0.5, 0.6) is 0 Å². The minimum absolute atomic E-state index is 0.590. The monoisotopic (exact) mass is 258 g/mol. The molecule has 0 radical (unpaired) electrons. The van der Waals surface area contributed by atoms with E-state index in [4.69, 9.17) is 4.42 Å². The predicted octanol–water partition coefficient (Wildman–Crippen LogP) is 1.84. The molecule has 0 amide bonds. The van der Waals surface area contributed by atoms with Crippen molar-refractivity contribution < 1.29 is 4.42 Å². The van der Waals surface area contributed by atoms with Crippen LogP contribution in [-0.4, -0.2) is 30.6 Å². The Hall–Kier alpha value is -0.320. The summed E-state index contributed by atoms with van der Waals surface area (Å²) >= 11 is 3.31. The first-order valence-corrected chi connectivity index (χ1v) is 5.74. The van der Waals surface area contributed by atoms with Crippen LogP contribution in [0, 0.1) is 0 Å². The van der Waals surface area contributed by atoms with Crippen molar-refractivity contribution in [1.82, 2.24) is 10.2 Å². The Morgan fingerprint density at radius 3 is 3.14 bits per heavy atom. The Bertz CT molecular complexity index is 300. The van der Waals surface area contributed by atoms with Gasteiger partial charge >= 0.3 is 0 Å². The van der Waals surface area contributed by atoms with Gasteiger partial charge in [0, 0.05) is 25.7 Å². The highest BCUT2D eigenvalue weighted by Gasteiger charge is 2.18. The highest BCUT2D eigenvalue weighted by atomic mass is 79.9. The minimum Gasteiger partial charge on any atom is -0.453 e. The maximum absolute atomic E-state index is 5.49. The molecule has 2 heterocycles. The number of furan rings is 1. The first-order valence-electron chi connectivity index (χ1n) is 4.94. The molecule has 14 heavy (non-hydrogen) atoms. The van der Waals surface area contributed by atoms with Crippen molar-refractivity contribution in [3.8, 4) is 0 Å². The average Bonchev–Trinajstić information content (AvgIpc) is 2.56. The third-order valence-electron chi connectivity index (χ3n) is 2.63. The third kappa shape index (κ3) is 2.38. The second kappa shape index (κ2) is 4.47. The van der Waals surface area contributed by atoms with Gasteiger partial charge in [-0.2, -0.15) is 0 Å². The van der Waals surface area contributed by atoms with E-state index in [1.165, 1.54) is 0 Å². The molecule has 0 spiro atoms. The van der Waals surface area contributed by atoms with Gasteiger partial charge < -0.3 is 9.73 Å². The molecule has 1 N–H and O–H groups in total. The van der Waals surface area contributed by atoms with Crippen LogP contribution < -0.4 is 5.32 Å². The lowest BCUT2D eigenvalue weighted by Crippen LogP contribution is -2.49. The number of piperazine rings is 1. The Morgan fingerprint density at radius 2 is 2.50 bits per heavy atom. The summed E-state index contributed by atoms with van der Waals surface area (Å²) in [5.74, 6) is 1.03. The highest BCUT2D eigenvalue weighted by molar-refractivity contribution is 9.10. The van der Waals surface area contributed by atoms with Gasteiger partial charge in [-0.25, -0.2) is 0 Å².